The summed E-state index contributed by atoms with van der Waals surface area (Å²) in [6.07, 6.45) is 1.52. The van der Waals surface area contributed by atoms with Crippen LogP contribution in [0, 0.1) is 25.2 Å². The second-order valence-electron chi connectivity index (χ2n) is 5.91. The molecule has 140 valence electrons. The van der Waals surface area contributed by atoms with Gasteiger partial charge in [0.05, 0.1) is 18.2 Å². The van der Waals surface area contributed by atoms with Gasteiger partial charge in [-0.25, -0.2) is 0 Å². The first kappa shape index (κ1) is 20.5. The van der Waals surface area contributed by atoms with Crippen LogP contribution >= 0.6 is 15.9 Å². The molecule has 2 aromatic rings. The predicted octanol–water partition coefficient (Wildman–Crippen LogP) is 5.02. The monoisotopic (exact) mass is 428 g/mol. The smallest absolute Gasteiger partial charge is 0.266 e. The fraction of sp³-hybridized carbons (Fsp3) is 0.238. The number of ether oxygens (including phenoxy) is 2. The van der Waals surface area contributed by atoms with Gasteiger partial charge >= 0.3 is 0 Å². The van der Waals surface area contributed by atoms with Crippen molar-refractivity contribution in [3.8, 4) is 17.6 Å². The summed E-state index contributed by atoms with van der Waals surface area (Å²) >= 11 is 3.44. The molecule has 0 radical (unpaired) electrons. The molecule has 27 heavy (non-hydrogen) atoms. The quantitative estimate of drug-likeness (QED) is 0.517. The van der Waals surface area contributed by atoms with Gasteiger partial charge in [-0.2, -0.15) is 5.26 Å². The standard InChI is InChI=1S/C21H21BrN2O3/c1-5-27-20-17(22)10-15(11-19(20)26-4)9-16(12-23)21(25)24-18-7-6-13(2)8-14(18)3/h6-11H,5H2,1-4H3,(H,24,25)/b16-9+. The Morgan fingerprint density at radius 1 is 1.30 bits per heavy atom. The Balaban J connectivity index is 2.33. The zero-order valence-corrected chi connectivity index (χ0v) is 17.3. The van der Waals surface area contributed by atoms with Crippen LogP contribution in [0.4, 0.5) is 5.69 Å². The first-order valence-electron chi connectivity index (χ1n) is 8.40. The van der Waals surface area contributed by atoms with Crippen LogP contribution in [-0.4, -0.2) is 19.6 Å². The fourth-order valence-electron chi connectivity index (χ4n) is 2.57. The number of carbonyl (C=O) groups is 1. The first-order chi connectivity index (χ1) is 12.9. The SMILES string of the molecule is CCOc1c(Br)cc(/C=C(\C#N)C(=O)Nc2ccc(C)cc2C)cc1OC. The fourth-order valence-corrected chi connectivity index (χ4v) is 3.14. The molecule has 0 aliphatic heterocycles. The third-order valence-corrected chi connectivity index (χ3v) is 4.44. The average molecular weight is 429 g/mol. The number of hydrogen-bond acceptors (Lipinski definition) is 4. The van der Waals surface area contributed by atoms with E-state index in [4.69, 9.17) is 9.47 Å². The molecule has 0 aliphatic rings. The highest BCUT2D eigenvalue weighted by Crippen LogP contribution is 2.37. The summed E-state index contributed by atoms with van der Waals surface area (Å²) in [7, 11) is 1.54. The van der Waals surface area contributed by atoms with Crippen LogP contribution in [0.25, 0.3) is 6.08 Å². The number of nitrogens with zero attached hydrogens (tertiary/aromatic N) is 1. The summed E-state index contributed by atoms with van der Waals surface area (Å²) < 4.78 is 11.6. The number of nitriles is 1. The van der Waals surface area contributed by atoms with Crippen molar-refractivity contribution >= 4 is 33.6 Å². The number of rotatable bonds is 6. The van der Waals surface area contributed by atoms with Crippen molar-refractivity contribution in [2.24, 2.45) is 0 Å². The van der Waals surface area contributed by atoms with Gasteiger partial charge in [0, 0.05) is 5.69 Å². The van der Waals surface area contributed by atoms with Crippen molar-refractivity contribution in [2.45, 2.75) is 20.8 Å². The molecule has 5 nitrogen and oxygen atoms in total. The highest BCUT2D eigenvalue weighted by atomic mass is 79.9. The zero-order valence-electron chi connectivity index (χ0n) is 15.7. The van der Waals surface area contributed by atoms with Gasteiger partial charge in [-0.1, -0.05) is 17.7 Å². The van der Waals surface area contributed by atoms with Gasteiger partial charge in [0.15, 0.2) is 11.5 Å². The predicted molar refractivity (Wildman–Crippen MR) is 110 cm³/mol. The van der Waals surface area contributed by atoms with E-state index in [1.807, 2.05) is 45.0 Å². The van der Waals surface area contributed by atoms with Crippen LogP contribution in [0.15, 0.2) is 40.4 Å². The molecule has 1 amide bonds. The Labute approximate surface area is 167 Å². The van der Waals surface area contributed by atoms with E-state index in [-0.39, 0.29) is 5.57 Å². The molecule has 2 rings (SSSR count). The Morgan fingerprint density at radius 2 is 2.04 bits per heavy atom. The topological polar surface area (TPSA) is 71.3 Å². The van der Waals surface area contributed by atoms with Gasteiger partial charge in [-0.3, -0.25) is 4.79 Å². The molecule has 1 N–H and O–H groups in total. The summed E-state index contributed by atoms with van der Waals surface area (Å²) in [6, 6.07) is 11.2. The van der Waals surface area contributed by atoms with E-state index in [2.05, 4.69) is 21.2 Å². The van der Waals surface area contributed by atoms with Crippen molar-refractivity contribution in [1.29, 1.82) is 5.26 Å². The molecule has 0 unspecified atom stereocenters. The maximum atomic E-state index is 12.5. The van der Waals surface area contributed by atoms with Gasteiger partial charge in [-0.05, 0) is 72.1 Å². The van der Waals surface area contributed by atoms with E-state index < -0.39 is 5.91 Å². The van der Waals surface area contributed by atoms with E-state index in [0.29, 0.717) is 33.8 Å². The molecule has 0 saturated carbocycles. The molecule has 0 fully saturated rings. The van der Waals surface area contributed by atoms with Gasteiger partial charge in [0.2, 0.25) is 0 Å². The number of carbonyl (C=O) groups excluding carboxylic acids is 1. The number of halogens is 1. The van der Waals surface area contributed by atoms with Crippen LogP contribution < -0.4 is 14.8 Å². The molecule has 6 heteroatoms. The lowest BCUT2D eigenvalue weighted by Crippen LogP contribution is -2.14. The molecule has 2 aromatic carbocycles. The van der Waals surface area contributed by atoms with E-state index in [0.717, 1.165) is 11.1 Å². The largest absolute Gasteiger partial charge is 0.493 e. The summed E-state index contributed by atoms with van der Waals surface area (Å²) in [5.41, 5.74) is 3.36. The number of amides is 1. The Morgan fingerprint density at radius 3 is 2.63 bits per heavy atom. The lowest BCUT2D eigenvalue weighted by Gasteiger charge is -2.12. The Bertz CT molecular complexity index is 930. The third-order valence-electron chi connectivity index (χ3n) is 3.85. The molecule has 0 spiro atoms. The van der Waals surface area contributed by atoms with Gasteiger partial charge in [0.1, 0.15) is 11.6 Å². The molecule has 0 bridgehead atoms. The molecular formula is C21H21BrN2O3. The van der Waals surface area contributed by atoms with Crippen molar-refractivity contribution in [1.82, 2.24) is 0 Å². The maximum absolute atomic E-state index is 12.5. The van der Waals surface area contributed by atoms with E-state index in [1.54, 1.807) is 12.1 Å². The summed E-state index contributed by atoms with van der Waals surface area (Å²) in [5.74, 6) is 0.633. The minimum absolute atomic E-state index is 0.00640. The number of methoxy groups -OCH3 is 1. The van der Waals surface area contributed by atoms with Crippen LogP contribution in [0.2, 0.25) is 0 Å². The molecule has 0 heterocycles. The number of anilines is 1. The van der Waals surface area contributed by atoms with Crippen molar-refractivity contribution < 1.29 is 14.3 Å². The van der Waals surface area contributed by atoms with Crippen LogP contribution in [0.5, 0.6) is 11.5 Å². The third kappa shape index (κ3) is 5.11. The minimum atomic E-state index is -0.464. The normalized spacial score (nSPS) is 10.9. The number of benzene rings is 2. The van der Waals surface area contributed by atoms with E-state index in [9.17, 15) is 10.1 Å². The van der Waals surface area contributed by atoms with Gasteiger partial charge < -0.3 is 14.8 Å². The highest BCUT2D eigenvalue weighted by molar-refractivity contribution is 9.10. The number of aryl methyl sites for hydroxylation is 2. The van der Waals surface area contributed by atoms with Crippen molar-refractivity contribution in [2.75, 3.05) is 19.0 Å². The Kier molecular flexibility index (Phi) is 7.03. The minimum Gasteiger partial charge on any atom is -0.493 e. The Hall–Kier alpha value is -2.78. The van der Waals surface area contributed by atoms with Crippen LogP contribution in [0.1, 0.15) is 23.6 Å². The molecule has 0 aliphatic carbocycles. The summed E-state index contributed by atoms with van der Waals surface area (Å²) in [6.45, 7) is 6.26. The average Bonchev–Trinajstić information content (AvgIpc) is 2.63. The second kappa shape index (κ2) is 9.24. The van der Waals surface area contributed by atoms with Crippen LogP contribution in [-0.2, 0) is 4.79 Å². The van der Waals surface area contributed by atoms with Crippen LogP contribution in [0.3, 0.4) is 0 Å². The zero-order chi connectivity index (χ0) is 20.0. The van der Waals surface area contributed by atoms with Crippen molar-refractivity contribution in [3.05, 3.63) is 57.1 Å². The second-order valence-corrected chi connectivity index (χ2v) is 6.76. The lowest BCUT2D eigenvalue weighted by atomic mass is 10.1. The maximum Gasteiger partial charge on any atom is 0.266 e. The van der Waals surface area contributed by atoms with Crippen molar-refractivity contribution in [3.63, 3.8) is 0 Å². The van der Waals surface area contributed by atoms with E-state index in [1.165, 1.54) is 13.2 Å². The molecule has 0 aromatic heterocycles. The first-order valence-corrected chi connectivity index (χ1v) is 9.19. The lowest BCUT2D eigenvalue weighted by molar-refractivity contribution is -0.112. The van der Waals surface area contributed by atoms with E-state index >= 15 is 0 Å². The molecule has 0 saturated heterocycles. The number of nitrogens with one attached hydrogen (secondary N) is 1. The van der Waals surface area contributed by atoms with Gasteiger partial charge in [0.25, 0.3) is 5.91 Å². The number of hydrogen-bond donors (Lipinski definition) is 1. The molecule has 0 atom stereocenters. The highest BCUT2D eigenvalue weighted by Gasteiger charge is 2.14. The molecular weight excluding hydrogens is 408 g/mol. The van der Waals surface area contributed by atoms with Gasteiger partial charge in [-0.15, -0.1) is 0 Å². The summed E-state index contributed by atoms with van der Waals surface area (Å²) in [4.78, 5) is 12.5. The summed E-state index contributed by atoms with van der Waals surface area (Å²) in [5, 5.41) is 12.2.